The summed E-state index contributed by atoms with van der Waals surface area (Å²) in [5.74, 6) is -0.339. The lowest BCUT2D eigenvalue weighted by atomic mass is 10.1. The number of phosphoric acid groups is 1. The average Bonchev–Trinajstić information content (AvgIpc) is 3.04. The van der Waals surface area contributed by atoms with Gasteiger partial charge in [0.25, 0.3) is 0 Å². The van der Waals surface area contributed by atoms with E-state index in [-0.39, 0.29) is 25.8 Å². The van der Waals surface area contributed by atoms with Gasteiger partial charge in [0, 0.05) is 13.0 Å². The average molecular weight is 713 g/mol. The van der Waals surface area contributed by atoms with Crippen molar-refractivity contribution in [1.29, 1.82) is 0 Å². The predicted molar refractivity (Wildman–Crippen MR) is 206 cm³/mol. The molecule has 0 radical (unpaired) electrons. The molecule has 0 aliphatic carbocycles. The number of carbonyl (C=O) groups excluding carboxylic acids is 1. The summed E-state index contributed by atoms with van der Waals surface area (Å²) in [4.78, 5) is 22.8. The molecule has 0 aliphatic heterocycles. The number of nitrogens with zero attached hydrogens (tertiary/aromatic N) is 1. The molecule has 0 heterocycles. The molecule has 2 unspecified atom stereocenters. The van der Waals surface area contributed by atoms with Gasteiger partial charge in [-0.3, -0.25) is 13.8 Å². The first-order valence-corrected chi connectivity index (χ1v) is 20.9. The number of phosphoric ester groups is 1. The van der Waals surface area contributed by atoms with Crippen molar-refractivity contribution in [2.75, 3.05) is 54.1 Å². The molecule has 0 rings (SSSR count). The molecule has 0 saturated heterocycles. The molecule has 0 saturated carbocycles. The molecule has 9 heteroatoms. The Balaban J connectivity index is 4.34. The first kappa shape index (κ1) is 47.5. The molecule has 0 aromatic carbocycles. The smallest absolute Gasteiger partial charge is 0.457 e. The number of likely N-dealkylation sites (N-methyl/N-ethyl adjacent to an activating group) is 1. The van der Waals surface area contributed by atoms with Gasteiger partial charge in [-0.05, 0) is 51.4 Å². The van der Waals surface area contributed by atoms with Crippen molar-refractivity contribution in [3.8, 4) is 0 Å². The van der Waals surface area contributed by atoms with Crippen molar-refractivity contribution in [2.24, 2.45) is 0 Å². The van der Waals surface area contributed by atoms with Crippen LogP contribution in [0.5, 0.6) is 0 Å². The van der Waals surface area contributed by atoms with Crippen molar-refractivity contribution < 1.29 is 37.3 Å². The summed E-state index contributed by atoms with van der Waals surface area (Å²) >= 11 is 0. The number of rotatable bonds is 35. The van der Waals surface area contributed by atoms with Crippen molar-refractivity contribution in [1.82, 2.24) is 0 Å². The lowest BCUT2D eigenvalue weighted by Gasteiger charge is -2.24. The highest BCUT2D eigenvalue weighted by Crippen LogP contribution is 2.43. The fourth-order valence-corrected chi connectivity index (χ4v) is 5.64. The van der Waals surface area contributed by atoms with Gasteiger partial charge < -0.3 is 18.9 Å². The van der Waals surface area contributed by atoms with E-state index in [4.69, 9.17) is 18.5 Å². The van der Waals surface area contributed by atoms with Crippen LogP contribution < -0.4 is 0 Å². The molecule has 0 amide bonds. The second-order valence-corrected chi connectivity index (χ2v) is 15.4. The van der Waals surface area contributed by atoms with Crippen LogP contribution in [0.25, 0.3) is 0 Å². The lowest BCUT2D eigenvalue weighted by Crippen LogP contribution is -2.37. The minimum Gasteiger partial charge on any atom is -0.457 e. The van der Waals surface area contributed by atoms with Gasteiger partial charge in [-0.25, -0.2) is 4.57 Å². The van der Waals surface area contributed by atoms with Gasteiger partial charge in [0.2, 0.25) is 0 Å². The highest BCUT2D eigenvalue weighted by molar-refractivity contribution is 7.47. The summed E-state index contributed by atoms with van der Waals surface area (Å²) in [6, 6.07) is 0. The molecule has 0 fully saturated rings. The number of hydrogen-bond acceptors (Lipinski definition) is 6. The van der Waals surface area contributed by atoms with Crippen LogP contribution in [0.3, 0.4) is 0 Å². The molecular formula is C40H75NO7P+. The third-order valence-corrected chi connectivity index (χ3v) is 8.89. The zero-order valence-electron chi connectivity index (χ0n) is 32.2. The van der Waals surface area contributed by atoms with E-state index in [9.17, 15) is 14.3 Å². The van der Waals surface area contributed by atoms with Gasteiger partial charge in [-0.15, -0.1) is 0 Å². The van der Waals surface area contributed by atoms with Crippen LogP contribution >= 0.6 is 7.82 Å². The van der Waals surface area contributed by atoms with Crippen molar-refractivity contribution >= 4 is 13.8 Å². The molecule has 1 N–H and O–H groups in total. The number of allylic oxidation sites excluding steroid dienone is 8. The van der Waals surface area contributed by atoms with Gasteiger partial charge in [0.05, 0.1) is 34.4 Å². The third kappa shape index (κ3) is 37.5. The van der Waals surface area contributed by atoms with Gasteiger partial charge in [-0.2, -0.15) is 0 Å². The maximum Gasteiger partial charge on any atom is 0.472 e. The molecule has 0 aromatic rings. The number of quaternary nitrogens is 1. The molecule has 0 aromatic heterocycles. The van der Waals surface area contributed by atoms with E-state index in [2.05, 4.69) is 62.5 Å². The molecule has 49 heavy (non-hydrogen) atoms. The highest BCUT2D eigenvalue weighted by atomic mass is 31.2. The summed E-state index contributed by atoms with van der Waals surface area (Å²) in [5.41, 5.74) is 0. The normalized spacial score (nSPS) is 14.5. The van der Waals surface area contributed by atoms with Crippen LogP contribution in [0.4, 0.5) is 0 Å². The van der Waals surface area contributed by atoms with Crippen LogP contribution in [0.15, 0.2) is 48.6 Å². The maximum atomic E-state index is 12.6. The molecule has 0 aliphatic rings. The summed E-state index contributed by atoms with van der Waals surface area (Å²) in [5, 5.41) is 0. The Hall–Kier alpha value is -1.54. The zero-order valence-corrected chi connectivity index (χ0v) is 33.1. The molecule has 0 spiro atoms. The molecular weight excluding hydrogens is 637 g/mol. The lowest BCUT2D eigenvalue weighted by molar-refractivity contribution is -0.870. The van der Waals surface area contributed by atoms with Crippen molar-refractivity contribution in [3.05, 3.63) is 48.6 Å². The second-order valence-electron chi connectivity index (χ2n) is 13.9. The van der Waals surface area contributed by atoms with E-state index in [1.54, 1.807) is 0 Å². The minimum atomic E-state index is -4.27. The number of ether oxygens (including phenoxy) is 2. The van der Waals surface area contributed by atoms with Crippen LogP contribution in [0.1, 0.15) is 142 Å². The maximum absolute atomic E-state index is 12.6. The van der Waals surface area contributed by atoms with E-state index in [1.165, 1.54) is 51.4 Å². The molecule has 8 nitrogen and oxygen atoms in total. The standard InChI is InChI=1S/C40H74NO7P/c1-6-8-10-12-14-16-18-19-20-21-22-23-24-25-27-29-31-33-40(42)48-39(38-47-49(43,44)46-36-34-41(3,4)5)37-45-35-32-30-28-26-17-15-13-11-9-7-2/h8,10,14,16,19-20,22-23,39H,6-7,9,11-13,15,17-18,21,24-38H2,1-5H3/p+1/b10-8-,16-14-,20-19-,23-22-. The van der Waals surface area contributed by atoms with Gasteiger partial charge >= 0.3 is 13.8 Å². The van der Waals surface area contributed by atoms with E-state index < -0.39 is 13.9 Å². The van der Waals surface area contributed by atoms with Gasteiger partial charge in [0.15, 0.2) is 0 Å². The van der Waals surface area contributed by atoms with Crippen molar-refractivity contribution in [3.63, 3.8) is 0 Å². The first-order chi connectivity index (χ1) is 23.6. The zero-order chi connectivity index (χ0) is 36.3. The number of hydrogen-bond donors (Lipinski definition) is 1. The third-order valence-electron chi connectivity index (χ3n) is 7.90. The molecule has 286 valence electrons. The Bertz CT molecular complexity index is 926. The van der Waals surface area contributed by atoms with Crippen molar-refractivity contribution in [2.45, 2.75) is 148 Å². The fraction of sp³-hybridized carbons (Fsp3) is 0.775. The number of unbranched alkanes of at least 4 members (excludes halogenated alkanes) is 13. The Kier molecular flexibility index (Phi) is 32.5. The Morgan fingerprint density at radius 1 is 0.653 bits per heavy atom. The Labute approximate surface area is 301 Å². The van der Waals surface area contributed by atoms with E-state index in [0.717, 1.165) is 70.6 Å². The molecule has 0 bridgehead atoms. The summed E-state index contributed by atoms with van der Waals surface area (Å²) in [6.07, 6.45) is 38.5. The largest absolute Gasteiger partial charge is 0.472 e. The van der Waals surface area contributed by atoms with Crippen LogP contribution in [0.2, 0.25) is 0 Å². The van der Waals surface area contributed by atoms with E-state index in [0.29, 0.717) is 24.1 Å². The number of carbonyl (C=O) groups is 1. The SMILES string of the molecule is CC/C=C\C/C=C\C/C=C\C/C=C\CCCCCCC(=O)OC(COCCCCCCCCCCCC)COP(=O)(O)OCC[N+](C)(C)C. The van der Waals surface area contributed by atoms with Crippen LogP contribution in [0, 0.1) is 0 Å². The van der Waals surface area contributed by atoms with E-state index >= 15 is 0 Å². The van der Waals surface area contributed by atoms with Crippen LogP contribution in [-0.2, 0) is 27.9 Å². The summed E-state index contributed by atoms with van der Waals surface area (Å²) < 4.78 is 34.8. The summed E-state index contributed by atoms with van der Waals surface area (Å²) in [6.45, 7) is 5.45. The monoisotopic (exact) mass is 713 g/mol. The van der Waals surface area contributed by atoms with Gasteiger partial charge in [0.1, 0.15) is 19.3 Å². The Morgan fingerprint density at radius 2 is 1.18 bits per heavy atom. The predicted octanol–water partition coefficient (Wildman–Crippen LogP) is 10.8. The number of esters is 1. The first-order valence-electron chi connectivity index (χ1n) is 19.4. The summed E-state index contributed by atoms with van der Waals surface area (Å²) in [7, 11) is 1.64. The fourth-order valence-electron chi connectivity index (χ4n) is 4.89. The second kappa shape index (κ2) is 33.6. The molecule has 2 atom stereocenters. The van der Waals surface area contributed by atoms with Gasteiger partial charge in [-0.1, -0.05) is 133 Å². The van der Waals surface area contributed by atoms with E-state index in [1.807, 2.05) is 21.1 Å². The topological polar surface area (TPSA) is 91.3 Å². The Morgan fingerprint density at radius 3 is 1.78 bits per heavy atom. The highest BCUT2D eigenvalue weighted by Gasteiger charge is 2.26. The quantitative estimate of drug-likeness (QED) is 0.0230. The minimum absolute atomic E-state index is 0.0826. The van der Waals surface area contributed by atoms with Crippen LogP contribution in [-0.4, -0.2) is 75.6 Å².